The molecule has 142 valence electrons. The van der Waals surface area contributed by atoms with Crippen molar-refractivity contribution in [2.24, 2.45) is 0 Å². The number of thiazole rings is 1. The Morgan fingerprint density at radius 3 is 2.93 bits per heavy atom. The van der Waals surface area contributed by atoms with E-state index < -0.39 is 5.91 Å². The summed E-state index contributed by atoms with van der Waals surface area (Å²) in [6.45, 7) is 5.02. The first-order valence-electron chi connectivity index (χ1n) is 8.74. The van der Waals surface area contributed by atoms with Crippen LogP contribution < -0.4 is 10.9 Å². The second-order valence-electron chi connectivity index (χ2n) is 6.36. The first kappa shape index (κ1) is 17.9. The van der Waals surface area contributed by atoms with Crippen molar-refractivity contribution >= 4 is 22.2 Å². The van der Waals surface area contributed by atoms with Crippen LogP contribution in [0.2, 0.25) is 0 Å². The average molecular weight is 388 g/mol. The largest absolute Gasteiger partial charge is 0.465 e. The number of ether oxygens (including phenoxy) is 1. The summed E-state index contributed by atoms with van der Waals surface area (Å²) in [4.78, 5) is 32.1. The number of aryl methyl sites for hydroxylation is 1. The van der Waals surface area contributed by atoms with Gasteiger partial charge in [0.1, 0.15) is 17.1 Å². The molecule has 3 aromatic rings. The molecule has 1 aliphatic rings. The molecule has 4 heterocycles. The summed E-state index contributed by atoms with van der Waals surface area (Å²) >= 11 is 1.35. The number of rotatable bonds is 5. The van der Waals surface area contributed by atoms with E-state index in [0.29, 0.717) is 24.7 Å². The predicted octanol–water partition coefficient (Wildman–Crippen LogP) is 1.46. The second kappa shape index (κ2) is 7.63. The van der Waals surface area contributed by atoms with Gasteiger partial charge in [0.25, 0.3) is 11.5 Å². The Morgan fingerprint density at radius 1 is 1.37 bits per heavy atom. The maximum Gasteiger partial charge on any atom is 0.271 e. The molecule has 8 nitrogen and oxygen atoms in total. The maximum absolute atomic E-state index is 12.6. The van der Waals surface area contributed by atoms with Gasteiger partial charge in [0.2, 0.25) is 0 Å². The quantitative estimate of drug-likeness (QED) is 0.712. The molecular formula is C18H20N4O4S. The van der Waals surface area contributed by atoms with E-state index in [9.17, 15) is 9.59 Å². The number of amides is 1. The number of furan rings is 1. The van der Waals surface area contributed by atoms with E-state index in [1.54, 1.807) is 11.6 Å². The minimum absolute atomic E-state index is 0.0299. The van der Waals surface area contributed by atoms with Gasteiger partial charge in [0.05, 0.1) is 19.3 Å². The lowest BCUT2D eigenvalue weighted by Crippen LogP contribution is -2.44. The lowest BCUT2D eigenvalue weighted by atomic mass is 10.1. The van der Waals surface area contributed by atoms with Gasteiger partial charge in [-0.2, -0.15) is 0 Å². The minimum Gasteiger partial charge on any atom is -0.465 e. The van der Waals surface area contributed by atoms with E-state index in [0.717, 1.165) is 24.6 Å². The van der Waals surface area contributed by atoms with Crippen LogP contribution in [0.25, 0.3) is 4.96 Å². The number of nitrogens with one attached hydrogen (secondary N) is 1. The third-order valence-corrected chi connectivity index (χ3v) is 5.39. The van der Waals surface area contributed by atoms with Crippen LogP contribution in [0.15, 0.2) is 39.1 Å². The number of aromatic nitrogens is 2. The van der Waals surface area contributed by atoms with Crippen molar-refractivity contribution in [2.75, 3.05) is 32.8 Å². The van der Waals surface area contributed by atoms with E-state index in [1.807, 2.05) is 19.1 Å². The highest BCUT2D eigenvalue weighted by molar-refractivity contribution is 7.15. The van der Waals surface area contributed by atoms with E-state index in [-0.39, 0.29) is 17.2 Å². The Bertz CT molecular complexity index is 1000. The number of nitrogens with zero attached hydrogens (tertiary/aromatic N) is 3. The number of hydrogen-bond donors (Lipinski definition) is 1. The number of fused-ring (bicyclic) bond motifs is 1. The number of carbonyl (C=O) groups is 1. The Morgan fingerprint density at radius 2 is 2.19 bits per heavy atom. The Labute approximate surface area is 159 Å². The normalized spacial score (nSPS) is 16.5. The van der Waals surface area contributed by atoms with Gasteiger partial charge < -0.3 is 14.5 Å². The summed E-state index contributed by atoms with van der Waals surface area (Å²) in [5.41, 5.74) is -0.335. The fourth-order valence-electron chi connectivity index (χ4n) is 3.20. The molecule has 9 heteroatoms. The number of hydrogen-bond acceptors (Lipinski definition) is 7. The van der Waals surface area contributed by atoms with E-state index in [2.05, 4.69) is 15.2 Å². The zero-order valence-electron chi connectivity index (χ0n) is 14.9. The van der Waals surface area contributed by atoms with Crippen molar-refractivity contribution in [3.8, 4) is 0 Å². The number of morpholine rings is 1. The summed E-state index contributed by atoms with van der Waals surface area (Å²) in [6.07, 6.45) is 2.96. The molecule has 1 fully saturated rings. The van der Waals surface area contributed by atoms with Gasteiger partial charge >= 0.3 is 0 Å². The predicted molar refractivity (Wildman–Crippen MR) is 100 cm³/mol. The van der Waals surface area contributed by atoms with Crippen molar-refractivity contribution in [1.29, 1.82) is 0 Å². The molecule has 0 bridgehead atoms. The van der Waals surface area contributed by atoms with Crippen molar-refractivity contribution < 1.29 is 13.9 Å². The monoisotopic (exact) mass is 388 g/mol. The van der Waals surface area contributed by atoms with Crippen LogP contribution in [0.3, 0.4) is 0 Å². The standard InChI is InChI=1S/C18H20N4O4S/c1-12-2-3-15(26-12)14(21-4-7-25-8-5-21)11-19-16(23)13-10-20-18-22(17(13)24)6-9-27-18/h2-3,6,9-10,14H,4-5,7-8,11H2,1H3,(H,19,23). The molecule has 0 spiro atoms. The first-order chi connectivity index (χ1) is 13.1. The maximum atomic E-state index is 12.6. The fourth-order valence-corrected chi connectivity index (χ4v) is 3.87. The van der Waals surface area contributed by atoms with Gasteiger partial charge in [0.15, 0.2) is 4.96 Å². The molecule has 27 heavy (non-hydrogen) atoms. The summed E-state index contributed by atoms with van der Waals surface area (Å²) in [5, 5.41) is 4.63. The van der Waals surface area contributed by atoms with Crippen LogP contribution in [-0.4, -0.2) is 53.0 Å². The molecule has 0 radical (unpaired) electrons. The van der Waals surface area contributed by atoms with Crippen LogP contribution in [-0.2, 0) is 4.74 Å². The highest BCUT2D eigenvalue weighted by Gasteiger charge is 2.26. The molecular weight excluding hydrogens is 368 g/mol. The second-order valence-corrected chi connectivity index (χ2v) is 7.23. The van der Waals surface area contributed by atoms with Gasteiger partial charge in [-0.1, -0.05) is 0 Å². The molecule has 0 aliphatic carbocycles. The summed E-state index contributed by atoms with van der Waals surface area (Å²) in [6, 6.07) is 3.72. The van der Waals surface area contributed by atoms with Gasteiger partial charge in [-0.15, -0.1) is 11.3 Å². The molecule has 1 atom stereocenters. The lowest BCUT2D eigenvalue weighted by Gasteiger charge is -2.33. The minimum atomic E-state index is -0.436. The van der Waals surface area contributed by atoms with Crippen LogP contribution in [0.5, 0.6) is 0 Å². The lowest BCUT2D eigenvalue weighted by molar-refractivity contribution is 0.0117. The zero-order valence-corrected chi connectivity index (χ0v) is 15.7. The van der Waals surface area contributed by atoms with Gasteiger partial charge in [0, 0.05) is 37.4 Å². The van der Waals surface area contributed by atoms with E-state index in [4.69, 9.17) is 9.15 Å². The van der Waals surface area contributed by atoms with Crippen LogP contribution in [0.1, 0.15) is 27.9 Å². The Balaban J connectivity index is 1.53. The molecule has 0 saturated carbocycles. The summed E-state index contributed by atoms with van der Waals surface area (Å²) in [5.74, 6) is 1.17. The molecule has 1 aliphatic heterocycles. The van der Waals surface area contributed by atoms with Crippen molar-refractivity contribution in [3.05, 3.63) is 57.3 Å². The van der Waals surface area contributed by atoms with Crippen molar-refractivity contribution in [2.45, 2.75) is 13.0 Å². The van der Waals surface area contributed by atoms with Crippen LogP contribution in [0, 0.1) is 6.92 Å². The van der Waals surface area contributed by atoms with Gasteiger partial charge in [-0.25, -0.2) is 4.98 Å². The molecule has 3 aromatic heterocycles. The van der Waals surface area contributed by atoms with Gasteiger partial charge in [-0.05, 0) is 19.1 Å². The SMILES string of the molecule is Cc1ccc(C(CNC(=O)c2cnc3sccn3c2=O)N2CCOCC2)o1. The van der Waals surface area contributed by atoms with Crippen molar-refractivity contribution in [3.63, 3.8) is 0 Å². The molecule has 1 amide bonds. The Kier molecular flexibility index (Phi) is 5.06. The highest BCUT2D eigenvalue weighted by atomic mass is 32.1. The molecule has 1 saturated heterocycles. The molecule has 1 unspecified atom stereocenters. The van der Waals surface area contributed by atoms with E-state index >= 15 is 0 Å². The first-order valence-corrected chi connectivity index (χ1v) is 9.62. The van der Waals surface area contributed by atoms with Crippen LogP contribution >= 0.6 is 11.3 Å². The summed E-state index contributed by atoms with van der Waals surface area (Å²) in [7, 11) is 0. The van der Waals surface area contributed by atoms with Gasteiger partial charge in [-0.3, -0.25) is 18.9 Å². The third-order valence-electron chi connectivity index (χ3n) is 4.62. The summed E-state index contributed by atoms with van der Waals surface area (Å²) < 4.78 is 12.6. The smallest absolute Gasteiger partial charge is 0.271 e. The Hall–Kier alpha value is -2.49. The van der Waals surface area contributed by atoms with Crippen LogP contribution in [0.4, 0.5) is 0 Å². The fraction of sp³-hybridized carbons (Fsp3) is 0.389. The molecule has 1 N–H and O–H groups in total. The third kappa shape index (κ3) is 3.66. The molecule has 4 rings (SSSR count). The average Bonchev–Trinajstić information content (AvgIpc) is 3.32. The number of carbonyl (C=O) groups excluding carboxylic acids is 1. The highest BCUT2D eigenvalue weighted by Crippen LogP contribution is 2.23. The van der Waals surface area contributed by atoms with E-state index in [1.165, 1.54) is 21.9 Å². The topological polar surface area (TPSA) is 89.1 Å². The molecule has 0 aromatic carbocycles. The zero-order chi connectivity index (χ0) is 18.8. The van der Waals surface area contributed by atoms with Crippen molar-refractivity contribution in [1.82, 2.24) is 19.6 Å².